The SMILES string of the molecule is C=CCCCCCC.CCC=C(C)C. The van der Waals surface area contributed by atoms with Crippen molar-refractivity contribution in [2.24, 2.45) is 0 Å². The summed E-state index contributed by atoms with van der Waals surface area (Å²) in [5.41, 5.74) is 1.41. The summed E-state index contributed by atoms with van der Waals surface area (Å²) in [6.07, 6.45) is 12.0. The molecule has 0 N–H and O–H groups in total. The van der Waals surface area contributed by atoms with Gasteiger partial charge in [0, 0.05) is 0 Å². The van der Waals surface area contributed by atoms with Gasteiger partial charge in [-0.3, -0.25) is 0 Å². The topological polar surface area (TPSA) is 0 Å². The standard InChI is InChI=1S/C8H16.C6H12/c1-3-5-7-8-6-4-2;1-4-5-6(2)3/h3H,1,4-8H2,2H3;5H,4H2,1-3H3. The minimum Gasteiger partial charge on any atom is -0.103 e. The van der Waals surface area contributed by atoms with Crippen LogP contribution in [0.5, 0.6) is 0 Å². The molecular weight excluding hydrogens is 168 g/mol. The number of hydrogen-bond donors (Lipinski definition) is 0. The molecule has 0 amide bonds. The maximum atomic E-state index is 3.66. The fourth-order valence-electron chi connectivity index (χ4n) is 1.12. The van der Waals surface area contributed by atoms with Crippen molar-refractivity contribution in [1.82, 2.24) is 0 Å². The molecule has 0 unspecified atom stereocenters. The highest BCUT2D eigenvalue weighted by Crippen LogP contribution is 2.01. The van der Waals surface area contributed by atoms with Crippen molar-refractivity contribution in [2.45, 2.75) is 66.2 Å². The average Bonchev–Trinajstić information content (AvgIpc) is 2.13. The lowest BCUT2D eigenvalue weighted by molar-refractivity contribution is 0.675. The molecule has 0 saturated heterocycles. The van der Waals surface area contributed by atoms with E-state index in [2.05, 4.69) is 40.3 Å². The third-order valence-corrected chi connectivity index (χ3v) is 1.87. The number of unbranched alkanes of at least 4 members (excludes halogenated alkanes) is 4. The van der Waals surface area contributed by atoms with Crippen LogP contribution in [-0.2, 0) is 0 Å². The highest BCUT2D eigenvalue weighted by Gasteiger charge is 1.81. The maximum absolute atomic E-state index is 3.66. The van der Waals surface area contributed by atoms with E-state index in [1.807, 2.05) is 6.08 Å². The third-order valence-electron chi connectivity index (χ3n) is 1.87. The Bertz CT molecular complexity index is 127. The van der Waals surface area contributed by atoms with Gasteiger partial charge in [-0.25, -0.2) is 0 Å². The Morgan fingerprint density at radius 2 is 1.71 bits per heavy atom. The van der Waals surface area contributed by atoms with Gasteiger partial charge < -0.3 is 0 Å². The first kappa shape index (κ1) is 15.9. The second kappa shape index (κ2) is 15.0. The van der Waals surface area contributed by atoms with Crippen molar-refractivity contribution >= 4 is 0 Å². The highest BCUT2D eigenvalue weighted by molar-refractivity contribution is 4.91. The van der Waals surface area contributed by atoms with E-state index < -0.39 is 0 Å². The predicted molar refractivity (Wildman–Crippen MR) is 68.7 cm³/mol. The Labute approximate surface area is 91.1 Å². The van der Waals surface area contributed by atoms with Crippen LogP contribution in [0.3, 0.4) is 0 Å². The van der Waals surface area contributed by atoms with Crippen molar-refractivity contribution in [3.63, 3.8) is 0 Å². The van der Waals surface area contributed by atoms with Crippen molar-refractivity contribution < 1.29 is 0 Å². The number of allylic oxidation sites excluding steroid dienone is 3. The van der Waals surface area contributed by atoms with Crippen LogP contribution < -0.4 is 0 Å². The smallest absolute Gasteiger partial charge is 0.0353 e. The molecule has 0 aromatic rings. The van der Waals surface area contributed by atoms with E-state index in [1.54, 1.807) is 0 Å². The largest absolute Gasteiger partial charge is 0.103 e. The summed E-state index contributed by atoms with van der Waals surface area (Å²) in [7, 11) is 0. The van der Waals surface area contributed by atoms with Gasteiger partial charge >= 0.3 is 0 Å². The van der Waals surface area contributed by atoms with Gasteiger partial charge in [-0.1, -0.05) is 50.8 Å². The predicted octanol–water partition coefficient (Wildman–Crippen LogP) is 5.51. The molecule has 0 aliphatic rings. The van der Waals surface area contributed by atoms with Crippen LogP contribution in [0.2, 0.25) is 0 Å². The quantitative estimate of drug-likeness (QED) is 0.388. The Morgan fingerprint density at radius 1 is 1.07 bits per heavy atom. The van der Waals surface area contributed by atoms with Crippen LogP contribution in [0.25, 0.3) is 0 Å². The molecule has 0 radical (unpaired) electrons. The summed E-state index contributed by atoms with van der Waals surface area (Å²) in [4.78, 5) is 0. The van der Waals surface area contributed by atoms with E-state index in [-0.39, 0.29) is 0 Å². The van der Waals surface area contributed by atoms with E-state index in [1.165, 1.54) is 44.1 Å². The van der Waals surface area contributed by atoms with Gasteiger partial charge in [-0.2, -0.15) is 0 Å². The summed E-state index contributed by atoms with van der Waals surface area (Å²) >= 11 is 0. The van der Waals surface area contributed by atoms with E-state index >= 15 is 0 Å². The molecule has 0 saturated carbocycles. The van der Waals surface area contributed by atoms with Crippen molar-refractivity contribution in [1.29, 1.82) is 0 Å². The van der Waals surface area contributed by atoms with Crippen LogP contribution in [0.15, 0.2) is 24.3 Å². The van der Waals surface area contributed by atoms with Gasteiger partial charge in [0.25, 0.3) is 0 Å². The lowest BCUT2D eigenvalue weighted by Crippen LogP contribution is -1.71. The van der Waals surface area contributed by atoms with Crippen LogP contribution in [-0.4, -0.2) is 0 Å². The van der Waals surface area contributed by atoms with Crippen LogP contribution in [0.4, 0.5) is 0 Å². The second-order valence-corrected chi connectivity index (χ2v) is 3.83. The molecule has 0 spiro atoms. The summed E-state index contributed by atoms with van der Waals surface area (Å²) in [5, 5.41) is 0. The van der Waals surface area contributed by atoms with Crippen molar-refractivity contribution in [3.8, 4) is 0 Å². The van der Waals surface area contributed by atoms with Gasteiger partial charge in [0.2, 0.25) is 0 Å². The first-order valence-electron chi connectivity index (χ1n) is 5.93. The summed E-state index contributed by atoms with van der Waals surface area (Å²) in [6.45, 7) is 12.3. The summed E-state index contributed by atoms with van der Waals surface area (Å²) in [6, 6.07) is 0. The third kappa shape index (κ3) is 22.5. The van der Waals surface area contributed by atoms with Crippen LogP contribution >= 0.6 is 0 Å². The summed E-state index contributed by atoms with van der Waals surface area (Å²) < 4.78 is 0. The molecule has 0 fully saturated rings. The zero-order chi connectivity index (χ0) is 11.2. The zero-order valence-corrected chi connectivity index (χ0v) is 10.6. The average molecular weight is 196 g/mol. The molecule has 0 nitrogen and oxygen atoms in total. The maximum Gasteiger partial charge on any atom is -0.0353 e. The molecule has 0 atom stereocenters. The zero-order valence-electron chi connectivity index (χ0n) is 10.6. The Kier molecular flexibility index (Phi) is 17.0. The first-order chi connectivity index (χ1) is 6.68. The van der Waals surface area contributed by atoms with Gasteiger partial charge in [0.05, 0.1) is 0 Å². The first-order valence-corrected chi connectivity index (χ1v) is 5.93. The molecule has 84 valence electrons. The second-order valence-electron chi connectivity index (χ2n) is 3.83. The van der Waals surface area contributed by atoms with E-state index in [0.29, 0.717) is 0 Å². The van der Waals surface area contributed by atoms with Gasteiger partial charge in [-0.05, 0) is 33.1 Å². The minimum absolute atomic E-state index is 1.17. The molecule has 0 bridgehead atoms. The molecular formula is C14H28. The van der Waals surface area contributed by atoms with E-state index in [9.17, 15) is 0 Å². The molecule has 0 rings (SSSR count). The lowest BCUT2D eigenvalue weighted by Gasteiger charge is -1.91. The summed E-state index contributed by atoms with van der Waals surface area (Å²) in [5.74, 6) is 0. The Morgan fingerprint density at radius 3 is 2.00 bits per heavy atom. The number of rotatable bonds is 6. The van der Waals surface area contributed by atoms with Gasteiger partial charge in [-0.15, -0.1) is 6.58 Å². The molecule has 0 aliphatic carbocycles. The fourth-order valence-corrected chi connectivity index (χ4v) is 1.12. The Balaban J connectivity index is 0. The minimum atomic E-state index is 1.17. The molecule has 0 aliphatic heterocycles. The lowest BCUT2D eigenvalue weighted by atomic mass is 10.2. The van der Waals surface area contributed by atoms with Crippen LogP contribution in [0, 0.1) is 0 Å². The Hall–Kier alpha value is -0.520. The monoisotopic (exact) mass is 196 g/mol. The normalized spacial score (nSPS) is 8.57. The van der Waals surface area contributed by atoms with Gasteiger partial charge in [0.1, 0.15) is 0 Å². The fraction of sp³-hybridized carbons (Fsp3) is 0.714. The molecule has 0 aromatic carbocycles. The molecule has 0 heteroatoms. The molecule has 14 heavy (non-hydrogen) atoms. The van der Waals surface area contributed by atoms with Crippen molar-refractivity contribution in [2.75, 3.05) is 0 Å². The highest BCUT2D eigenvalue weighted by atomic mass is 13.9. The molecule has 0 aromatic heterocycles. The van der Waals surface area contributed by atoms with Gasteiger partial charge in [0.15, 0.2) is 0 Å². The van der Waals surface area contributed by atoms with Crippen molar-refractivity contribution in [3.05, 3.63) is 24.3 Å². The molecule has 0 heterocycles. The number of hydrogen-bond acceptors (Lipinski definition) is 0. The van der Waals surface area contributed by atoms with E-state index in [0.717, 1.165) is 0 Å². The van der Waals surface area contributed by atoms with Crippen LogP contribution in [0.1, 0.15) is 66.2 Å². The van der Waals surface area contributed by atoms with E-state index in [4.69, 9.17) is 0 Å².